The number of phenolic OH excluding ortho intramolecular Hbond substituents is 1. The van der Waals surface area contributed by atoms with Gasteiger partial charge in [-0.15, -0.1) is 0 Å². The number of aryl methyl sites for hydroxylation is 1. The Morgan fingerprint density at radius 1 is 1.13 bits per heavy atom. The fourth-order valence-corrected chi connectivity index (χ4v) is 2.67. The third kappa shape index (κ3) is 6.51. The molecule has 4 heteroatoms. The molecule has 0 aliphatic heterocycles. The summed E-state index contributed by atoms with van der Waals surface area (Å²) in [5.41, 5.74) is 1.73. The molecule has 0 heterocycles. The van der Waals surface area contributed by atoms with E-state index in [-0.39, 0.29) is 5.75 Å². The minimum absolute atomic E-state index is 0.129. The second kappa shape index (κ2) is 10.1. The molecule has 1 aromatic carbocycles. The van der Waals surface area contributed by atoms with Crippen molar-refractivity contribution >= 4 is 11.7 Å². The SMILES string of the molecule is CCCCCCCCCc1ccc(O)c(N(C)C(C)C(=O)O)c1. The number of unbranched alkanes of at least 4 members (excludes halogenated alkanes) is 6. The molecule has 0 spiro atoms. The van der Waals surface area contributed by atoms with E-state index < -0.39 is 12.0 Å². The molecule has 0 aliphatic rings. The summed E-state index contributed by atoms with van der Waals surface area (Å²) in [6.07, 6.45) is 9.85. The van der Waals surface area contributed by atoms with Crippen molar-refractivity contribution in [2.24, 2.45) is 0 Å². The predicted octanol–water partition coefficient (Wildman–Crippen LogP) is 4.59. The number of carboxylic acids is 1. The van der Waals surface area contributed by atoms with Gasteiger partial charge < -0.3 is 15.1 Å². The summed E-state index contributed by atoms with van der Waals surface area (Å²) < 4.78 is 0. The maximum Gasteiger partial charge on any atom is 0.326 e. The summed E-state index contributed by atoms with van der Waals surface area (Å²) in [6, 6.07) is 4.83. The lowest BCUT2D eigenvalue weighted by molar-refractivity contribution is -0.138. The zero-order valence-corrected chi connectivity index (χ0v) is 14.7. The Balaban J connectivity index is 2.52. The lowest BCUT2D eigenvalue weighted by atomic mass is 10.0. The van der Waals surface area contributed by atoms with Crippen molar-refractivity contribution in [3.05, 3.63) is 23.8 Å². The molecule has 0 fully saturated rings. The first kappa shape index (κ1) is 19.3. The summed E-state index contributed by atoms with van der Waals surface area (Å²) in [7, 11) is 1.70. The van der Waals surface area contributed by atoms with Crippen LogP contribution in [0.4, 0.5) is 5.69 Å². The smallest absolute Gasteiger partial charge is 0.326 e. The first-order valence-electron chi connectivity index (χ1n) is 8.75. The van der Waals surface area contributed by atoms with Gasteiger partial charge in [0.25, 0.3) is 0 Å². The van der Waals surface area contributed by atoms with Crippen LogP contribution in [0.2, 0.25) is 0 Å². The van der Waals surface area contributed by atoms with Crippen LogP contribution in [-0.4, -0.2) is 29.3 Å². The van der Waals surface area contributed by atoms with Gasteiger partial charge in [-0.05, 0) is 37.5 Å². The van der Waals surface area contributed by atoms with Gasteiger partial charge in [0.2, 0.25) is 0 Å². The molecular weight excluding hydrogens is 290 g/mol. The van der Waals surface area contributed by atoms with Crippen LogP contribution in [-0.2, 0) is 11.2 Å². The molecule has 1 aromatic rings. The summed E-state index contributed by atoms with van der Waals surface area (Å²) in [4.78, 5) is 12.7. The molecule has 2 N–H and O–H groups in total. The lowest BCUT2D eigenvalue weighted by Gasteiger charge is -2.25. The van der Waals surface area contributed by atoms with Crippen molar-refractivity contribution in [3.63, 3.8) is 0 Å². The van der Waals surface area contributed by atoms with Gasteiger partial charge in [0.05, 0.1) is 5.69 Å². The maximum atomic E-state index is 11.1. The first-order valence-corrected chi connectivity index (χ1v) is 8.75. The van der Waals surface area contributed by atoms with Gasteiger partial charge in [-0.2, -0.15) is 0 Å². The molecule has 1 atom stereocenters. The van der Waals surface area contributed by atoms with E-state index in [1.807, 2.05) is 12.1 Å². The molecule has 0 saturated carbocycles. The van der Waals surface area contributed by atoms with Crippen LogP contribution in [0.3, 0.4) is 0 Å². The van der Waals surface area contributed by atoms with E-state index in [1.165, 1.54) is 38.5 Å². The van der Waals surface area contributed by atoms with Crippen molar-refractivity contribution < 1.29 is 15.0 Å². The van der Waals surface area contributed by atoms with E-state index in [4.69, 9.17) is 5.11 Å². The largest absolute Gasteiger partial charge is 0.506 e. The molecule has 0 aliphatic carbocycles. The average molecular weight is 321 g/mol. The van der Waals surface area contributed by atoms with Crippen molar-refractivity contribution in [1.82, 2.24) is 0 Å². The fourth-order valence-electron chi connectivity index (χ4n) is 2.67. The highest BCUT2D eigenvalue weighted by molar-refractivity contribution is 5.78. The molecule has 1 unspecified atom stereocenters. The molecule has 0 amide bonds. The van der Waals surface area contributed by atoms with Crippen LogP contribution in [0.25, 0.3) is 0 Å². The number of benzene rings is 1. The van der Waals surface area contributed by atoms with Gasteiger partial charge in [0.1, 0.15) is 11.8 Å². The standard InChI is InChI=1S/C19H31NO3/c1-4-5-6-7-8-9-10-11-16-12-13-18(21)17(14-16)20(3)15(2)19(22)23/h12-15,21H,4-11H2,1-3H3,(H,22,23). The molecule has 1 rings (SSSR count). The van der Waals surface area contributed by atoms with Gasteiger partial charge in [0.15, 0.2) is 0 Å². The third-order valence-electron chi connectivity index (χ3n) is 4.43. The highest BCUT2D eigenvalue weighted by Gasteiger charge is 2.19. The Morgan fingerprint density at radius 3 is 2.35 bits per heavy atom. The minimum Gasteiger partial charge on any atom is -0.506 e. The number of likely N-dealkylation sites (N-methyl/N-ethyl adjacent to an activating group) is 1. The number of carbonyl (C=O) groups is 1. The monoisotopic (exact) mass is 321 g/mol. The van der Waals surface area contributed by atoms with E-state index in [2.05, 4.69) is 6.92 Å². The predicted molar refractivity (Wildman–Crippen MR) is 95.3 cm³/mol. The number of aliphatic carboxylic acids is 1. The summed E-state index contributed by atoms with van der Waals surface area (Å²) in [5, 5.41) is 19.1. The van der Waals surface area contributed by atoms with Crippen molar-refractivity contribution in [2.45, 2.75) is 71.3 Å². The summed E-state index contributed by atoms with van der Waals surface area (Å²) in [5.74, 6) is -0.770. The van der Waals surface area contributed by atoms with Crippen molar-refractivity contribution in [2.75, 3.05) is 11.9 Å². The zero-order valence-electron chi connectivity index (χ0n) is 14.7. The Hall–Kier alpha value is -1.71. The molecule has 130 valence electrons. The van der Waals surface area contributed by atoms with E-state index in [0.717, 1.165) is 18.4 Å². The quantitative estimate of drug-likeness (QED) is 0.585. The van der Waals surface area contributed by atoms with Crippen LogP contribution in [0.15, 0.2) is 18.2 Å². The molecule has 23 heavy (non-hydrogen) atoms. The highest BCUT2D eigenvalue weighted by atomic mass is 16.4. The molecule has 0 saturated heterocycles. The second-order valence-corrected chi connectivity index (χ2v) is 6.32. The summed E-state index contributed by atoms with van der Waals surface area (Å²) in [6.45, 7) is 3.84. The Kier molecular flexibility index (Phi) is 8.52. The first-order chi connectivity index (χ1) is 11.0. The number of carboxylic acid groups (broad SMARTS) is 1. The number of hydrogen-bond acceptors (Lipinski definition) is 3. The number of anilines is 1. The van der Waals surface area contributed by atoms with Crippen LogP contribution in [0.1, 0.15) is 64.4 Å². The lowest BCUT2D eigenvalue weighted by Crippen LogP contribution is -2.35. The van der Waals surface area contributed by atoms with E-state index >= 15 is 0 Å². The van der Waals surface area contributed by atoms with E-state index in [9.17, 15) is 9.90 Å². The number of nitrogens with zero attached hydrogens (tertiary/aromatic N) is 1. The minimum atomic E-state index is -0.899. The zero-order chi connectivity index (χ0) is 17.2. The Morgan fingerprint density at radius 2 is 1.74 bits per heavy atom. The Labute approximate surface area is 140 Å². The molecular formula is C19H31NO3. The Bertz CT molecular complexity index is 488. The number of aromatic hydroxyl groups is 1. The number of hydrogen-bond donors (Lipinski definition) is 2. The van der Waals surface area contributed by atoms with Gasteiger partial charge in [-0.1, -0.05) is 51.5 Å². The topological polar surface area (TPSA) is 60.8 Å². The second-order valence-electron chi connectivity index (χ2n) is 6.32. The normalized spacial score (nSPS) is 12.1. The molecule has 0 radical (unpaired) electrons. The van der Waals surface area contributed by atoms with E-state index in [0.29, 0.717) is 5.69 Å². The number of rotatable bonds is 11. The average Bonchev–Trinajstić information content (AvgIpc) is 2.54. The van der Waals surface area contributed by atoms with Crippen LogP contribution >= 0.6 is 0 Å². The summed E-state index contributed by atoms with van der Waals surface area (Å²) >= 11 is 0. The van der Waals surface area contributed by atoms with E-state index in [1.54, 1.807) is 24.9 Å². The van der Waals surface area contributed by atoms with Crippen molar-refractivity contribution in [1.29, 1.82) is 0 Å². The van der Waals surface area contributed by atoms with Crippen LogP contribution in [0, 0.1) is 0 Å². The van der Waals surface area contributed by atoms with Gasteiger partial charge >= 0.3 is 5.97 Å². The van der Waals surface area contributed by atoms with Gasteiger partial charge in [0, 0.05) is 7.05 Å². The fraction of sp³-hybridized carbons (Fsp3) is 0.632. The number of phenols is 1. The molecule has 4 nitrogen and oxygen atoms in total. The highest BCUT2D eigenvalue weighted by Crippen LogP contribution is 2.29. The van der Waals surface area contributed by atoms with Crippen LogP contribution < -0.4 is 4.90 Å². The molecule has 0 bridgehead atoms. The third-order valence-corrected chi connectivity index (χ3v) is 4.43. The van der Waals surface area contributed by atoms with Crippen LogP contribution in [0.5, 0.6) is 5.75 Å². The molecule has 0 aromatic heterocycles. The maximum absolute atomic E-state index is 11.1. The van der Waals surface area contributed by atoms with Gasteiger partial charge in [-0.25, -0.2) is 4.79 Å². The van der Waals surface area contributed by atoms with Gasteiger partial charge in [-0.3, -0.25) is 0 Å². The van der Waals surface area contributed by atoms with Crippen molar-refractivity contribution in [3.8, 4) is 5.75 Å².